The van der Waals surface area contributed by atoms with E-state index in [1.165, 1.54) is 0 Å². The van der Waals surface area contributed by atoms with Crippen molar-refractivity contribution in [1.29, 1.82) is 0 Å². The minimum Gasteiger partial charge on any atom is -0.489 e. The molecule has 0 amide bonds. The third kappa shape index (κ3) is 3.63. The number of rotatable bonds is 4. The maximum atomic E-state index is 6.17. The molecule has 0 aliphatic heterocycles. The molecule has 100 valence electrons. The molecule has 0 spiro atoms. The van der Waals surface area contributed by atoms with E-state index in [0.29, 0.717) is 18.2 Å². The number of benzene rings is 2. The summed E-state index contributed by atoms with van der Waals surface area (Å²) in [5.41, 5.74) is 8.50. The van der Waals surface area contributed by atoms with Crippen molar-refractivity contribution in [3.05, 3.63) is 63.1 Å². The summed E-state index contributed by atoms with van der Waals surface area (Å²) >= 11 is 12.1. The topological polar surface area (TPSA) is 35.2 Å². The van der Waals surface area contributed by atoms with Gasteiger partial charge in [0, 0.05) is 22.2 Å². The summed E-state index contributed by atoms with van der Waals surface area (Å²) in [5, 5.41) is 1.41. The van der Waals surface area contributed by atoms with Crippen LogP contribution in [0.15, 0.2) is 36.4 Å². The Morgan fingerprint density at radius 3 is 2.47 bits per heavy atom. The molecule has 0 aliphatic carbocycles. The van der Waals surface area contributed by atoms with Crippen LogP contribution in [0.3, 0.4) is 0 Å². The average Bonchev–Trinajstić information content (AvgIpc) is 2.41. The molecule has 0 unspecified atom stereocenters. The van der Waals surface area contributed by atoms with Crippen LogP contribution in [-0.2, 0) is 13.2 Å². The highest BCUT2D eigenvalue weighted by molar-refractivity contribution is 6.31. The van der Waals surface area contributed by atoms with Crippen LogP contribution in [0.25, 0.3) is 0 Å². The lowest BCUT2D eigenvalue weighted by atomic mass is 10.1. The highest BCUT2D eigenvalue weighted by Gasteiger charge is 2.04. The lowest BCUT2D eigenvalue weighted by Gasteiger charge is -2.10. The van der Waals surface area contributed by atoms with Gasteiger partial charge in [0.2, 0.25) is 0 Å². The SMILES string of the molecule is Cc1cc(OCc2ccc(CN)cc2Cl)ccc1Cl. The second kappa shape index (κ2) is 6.29. The number of hydrogen-bond donors (Lipinski definition) is 1. The molecule has 0 saturated heterocycles. The lowest BCUT2D eigenvalue weighted by Crippen LogP contribution is -2.00. The van der Waals surface area contributed by atoms with Crippen molar-refractivity contribution < 1.29 is 4.74 Å². The molecule has 19 heavy (non-hydrogen) atoms. The third-order valence-electron chi connectivity index (χ3n) is 2.88. The first-order valence-corrected chi connectivity index (χ1v) is 6.72. The Labute approximate surface area is 123 Å². The molecule has 4 heteroatoms. The van der Waals surface area contributed by atoms with Crippen LogP contribution >= 0.6 is 23.2 Å². The lowest BCUT2D eigenvalue weighted by molar-refractivity contribution is 0.306. The standard InChI is InChI=1S/C15H15Cl2NO/c1-10-6-13(4-5-14(10)16)19-9-12-3-2-11(8-18)7-15(12)17/h2-7H,8-9,18H2,1H3. The number of aryl methyl sites for hydroxylation is 1. The monoisotopic (exact) mass is 295 g/mol. The van der Waals surface area contributed by atoms with E-state index in [0.717, 1.165) is 27.5 Å². The molecule has 0 saturated carbocycles. The summed E-state index contributed by atoms with van der Waals surface area (Å²) < 4.78 is 5.71. The van der Waals surface area contributed by atoms with Gasteiger partial charge >= 0.3 is 0 Å². The maximum Gasteiger partial charge on any atom is 0.120 e. The number of halogens is 2. The van der Waals surface area contributed by atoms with Crippen molar-refractivity contribution in [1.82, 2.24) is 0 Å². The molecule has 0 aromatic heterocycles. The van der Waals surface area contributed by atoms with Crippen molar-refractivity contribution in [2.24, 2.45) is 5.73 Å². The molecular weight excluding hydrogens is 281 g/mol. The van der Waals surface area contributed by atoms with E-state index in [1.54, 1.807) is 0 Å². The zero-order valence-electron chi connectivity index (χ0n) is 10.6. The smallest absolute Gasteiger partial charge is 0.120 e. The van der Waals surface area contributed by atoms with Gasteiger partial charge in [0.05, 0.1) is 0 Å². The van der Waals surface area contributed by atoms with Gasteiger partial charge in [0.25, 0.3) is 0 Å². The summed E-state index contributed by atoms with van der Waals surface area (Å²) in [6, 6.07) is 11.3. The first kappa shape index (κ1) is 14.2. The van der Waals surface area contributed by atoms with Gasteiger partial charge in [-0.15, -0.1) is 0 Å². The van der Waals surface area contributed by atoms with Gasteiger partial charge in [-0.25, -0.2) is 0 Å². The molecule has 0 atom stereocenters. The minimum absolute atomic E-state index is 0.421. The predicted octanol–water partition coefficient (Wildman–Crippen LogP) is 4.34. The molecule has 2 aromatic rings. The highest BCUT2D eigenvalue weighted by atomic mass is 35.5. The van der Waals surface area contributed by atoms with E-state index in [9.17, 15) is 0 Å². The van der Waals surface area contributed by atoms with E-state index in [2.05, 4.69) is 0 Å². The van der Waals surface area contributed by atoms with Crippen molar-refractivity contribution in [2.45, 2.75) is 20.1 Å². The van der Waals surface area contributed by atoms with Crippen molar-refractivity contribution in [2.75, 3.05) is 0 Å². The fourth-order valence-corrected chi connectivity index (χ4v) is 2.08. The van der Waals surface area contributed by atoms with Gasteiger partial charge < -0.3 is 10.5 Å². The fraction of sp³-hybridized carbons (Fsp3) is 0.200. The normalized spacial score (nSPS) is 10.5. The first-order valence-electron chi connectivity index (χ1n) is 5.96. The zero-order valence-corrected chi connectivity index (χ0v) is 12.1. The molecular formula is C15H15Cl2NO. The Kier molecular flexibility index (Phi) is 4.70. The van der Waals surface area contributed by atoms with Crippen LogP contribution in [0, 0.1) is 6.92 Å². The quantitative estimate of drug-likeness (QED) is 0.911. The van der Waals surface area contributed by atoms with Gasteiger partial charge in [-0.1, -0.05) is 35.3 Å². The summed E-state index contributed by atoms with van der Waals surface area (Å²) in [6.45, 7) is 2.85. The van der Waals surface area contributed by atoms with Crippen LogP contribution < -0.4 is 10.5 Å². The average molecular weight is 296 g/mol. The molecule has 2 rings (SSSR count). The molecule has 2 nitrogen and oxygen atoms in total. The van der Waals surface area contributed by atoms with Crippen LogP contribution in [0.1, 0.15) is 16.7 Å². The Morgan fingerprint density at radius 2 is 1.84 bits per heavy atom. The summed E-state index contributed by atoms with van der Waals surface area (Å²) in [4.78, 5) is 0. The number of hydrogen-bond acceptors (Lipinski definition) is 2. The Balaban J connectivity index is 2.07. The molecule has 2 N–H and O–H groups in total. The van der Waals surface area contributed by atoms with Crippen LogP contribution in [0.5, 0.6) is 5.75 Å². The molecule has 0 bridgehead atoms. The minimum atomic E-state index is 0.421. The summed E-state index contributed by atoms with van der Waals surface area (Å²) in [6.07, 6.45) is 0. The second-order valence-corrected chi connectivity index (χ2v) is 5.14. The van der Waals surface area contributed by atoms with E-state index in [1.807, 2.05) is 43.3 Å². The van der Waals surface area contributed by atoms with E-state index < -0.39 is 0 Å². The van der Waals surface area contributed by atoms with Crippen LogP contribution in [-0.4, -0.2) is 0 Å². The fourth-order valence-electron chi connectivity index (χ4n) is 1.70. The molecule has 2 aromatic carbocycles. The van der Waals surface area contributed by atoms with Gasteiger partial charge in [0.15, 0.2) is 0 Å². The van der Waals surface area contributed by atoms with Gasteiger partial charge in [-0.05, 0) is 42.3 Å². The van der Waals surface area contributed by atoms with E-state index in [-0.39, 0.29) is 0 Å². The van der Waals surface area contributed by atoms with E-state index in [4.69, 9.17) is 33.7 Å². The third-order valence-corrected chi connectivity index (χ3v) is 3.65. The van der Waals surface area contributed by atoms with Crippen molar-refractivity contribution in [3.63, 3.8) is 0 Å². The van der Waals surface area contributed by atoms with Crippen molar-refractivity contribution >= 4 is 23.2 Å². The number of ether oxygens (including phenoxy) is 1. The second-order valence-electron chi connectivity index (χ2n) is 4.33. The Morgan fingerprint density at radius 1 is 1.05 bits per heavy atom. The highest BCUT2D eigenvalue weighted by Crippen LogP contribution is 2.23. The molecule has 0 aliphatic rings. The van der Waals surface area contributed by atoms with Gasteiger partial charge in [0.1, 0.15) is 12.4 Å². The number of nitrogens with two attached hydrogens (primary N) is 1. The molecule has 0 fully saturated rings. The first-order chi connectivity index (χ1) is 9.10. The van der Waals surface area contributed by atoms with Gasteiger partial charge in [-0.3, -0.25) is 0 Å². The Hall–Kier alpha value is -1.22. The van der Waals surface area contributed by atoms with Gasteiger partial charge in [-0.2, -0.15) is 0 Å². The summed E-state index contributed by atoms with van der Waals surface area (Å²) in [7, 11) is 0. The summed E-state index contributed by atoms with van der Waals surface area (Å²) in [5.74, 6) is 0.779. The largest absolute Gasteiger partial charge is 0.489 e. The molecule has 0 radical (unpaired) electrons. The maximum absolute atomic E-state index is 6.17. The molecule has 0 heterocycles. The van der Waals surface area contributed by atoms with Crippen LogP contribution in [0.4, 0.5) is 0 Å². The van der Waals surface area contributed by atoms with E-state index >= 15 is 0 Å². The van der Waals surface area contributed by atoms with Crippen molar-refractivity contribution in [3.8, 4) is 5.75 Å². The zero-order chi connectivity index (χ0) is 13.8. The predicted molar refractivity (Wildman–Crippen MR) is 79.9 cm³/mol. The van der Waals surface area contributed by atoms with Crippen LogP contribution in [0.2, 0.25) is 10.0 Å². The Bertz CT molecular complexity index is 584.